The lowest BCUT2D eigenvalue weighted by Gasteiger charge is -2.18. The number of fused-ring (bicyclic) bond motifs is 1. The monoisotopic (exact) mass is 356 g/mol. The normalized spacial score (nSPS) is 27.1. The van der Waals surface area contributed by atoms with Gasteiger partial charge in [-0.2, -0.15) is 0 Å². The van der Waals surface area contributed by atoms with Crippen molar-refractivity contribution in [3.63, 3.8) is 0 Å². The first-order valence-corrected chi connectivity index (χ1v) is 8.46. The molecule has 4 rings (SSSR count). The molecule has 2 aromatic rings. The first-order valence-electron chi connectivity index (χ1n) is 8.46. The predicted molar refractivity (Wildman–Crippen MR) is 92.2 cm³/mol. The van der Waals surface area contributed by atoms with Gasteiger partial charge in [-0.15, -0.1) is 0 Å². The predicted octanol–water partition coefficient (Wildman–Crippen LogP) is 3.01. The lowest BCUT2D eigenvalue weighted by Crippen LogP contribution is -2.18. The molecule has 0 unspecified atom stereocenters. The molecule has 136 valence electrons. The molecule has 0 bridgehead atoms. The summed E-state index contributed by atoms with van der Waals surface area (Å²) in [6.45, 7) is 0.410. The molecule has 6 nitrogen and oxygen atoms in total. The van der Waals surface area contributed by atoms with E-state index in [1.54, 1.807) is 25.3 Å². The van der Waals surface area contributed by atoms with Crippen molar-refractivity contribution in [3.8, 4) is 17.2 Å². The number of rotatable bonds is 4. The summed E-state index contributed by atoms with van der Waals surface area (Å²) >= 11 is 0. The van der Waals surface area contributed by atoms with E-state index in [0.717, 1.165) is 11.1 Å². The number of cyclic esters (lactones) is 1. The minimum Gasteiger partial charge on any atom is -0.504 e. The van der Waals surface area contributed by atoms with Crippen LogP contribution in [0.2, 0.25) is 0 Å². The van der Waals surface area contributed by atoms with Gasteiger partial charge in [-0.1, -0.05) is 24.3 Å². The minimum atomic E-state index is -0.429. The number of para-hydroxylation sites is 1. The molecule has 2 heterocycles. The minimum absolute atomic E-state index is 0.0479. The van der Waals surface area contributed by atoms with Gasteiger partial charge in [-0.05, 0) is 23.8 Å². The van der Waals surface area contributed by atoms with E-state index in [-0.39, 0.29) is 17.6 Å². The number of aromatic hydroxyl groups is 1. The summed E-state index contributed by atoms with van der Waals surface area (Å²) in [5.74, 6) is 0.317. The largest absolute Gasteiger partial charge is 0.504 e. The number of hydrogen-bond donors (Lipinski definition) is 1. The molecule has 0 aliphatic carbocycles. The highest BCUT2D eigenvalue weighted by Crippen LogP contribution is 2.52. The number of ether oxygens (including phenoxy) is 4. The number of esters is 1. The number of carbonyl (C=O) groups excluding carboxylic acids is 1. The number of benzene rings is 2. The van der Waals surface area contributed by atoms with Crippen LogP contribution in [0.3, 0.4) is 0 Å². The van der Waals surface area contributed by atoms with Crippen molar-refractivity contribution in [2.45, 2.75) is 12.2 Å². The smallest absolute Gasteiger partial charge is 0.313 e. The summed E-state index contributed by atoms with van der Waals surface area (Å²) in [7, 11) is 3.09. The Morgan fingerprint density at radius 1 is 1.04 bits per heavy atom. The number of carbonyl (C=O) groups is 1. The highest BCUT2D eigenvalue weighted by molar-refractivity contribution is 5.77. The Morgan fingerprint density at radius 3 is 2.58 bits per heavy atom. The zero-order chi connectivity index (χ0) is 18.3. The number of methoxy groups -OCH3 is 2. The van der Waals surface area contributed by atoms with Crippen LogP contribution in [0.25, 0.3) is 0 Å². The standard InChI is InChI=1S/C20H20O6/c1-23-15-6-4-3-5-12(15)19-13-10-25-18(17(13)20(22)26-19)11-7-8-14(21)16(9-11)24-2/h3-9,13,17-19,21H,10H2,1-2H3/t13-,17-,18+,19-/m0/s1. The molecule has 2 fully saturated rings. The second-order valence-electron chi connectivity index (χ2n) is 6.47. The topological polar surface area (TPSA) is 74.2 Å². The van der Waals surface area contributed by atoms with E-state index in [2.05, 4.69) is 0 Å². The van der Waals surface area contributed by atoms with Crippen molar-refractivity contribution < 1.29 is 28.8 Å². The molecule has 1 N–H and O–H groups in total. The van der Waals surface area contributed by atoms with E-state index in [4.69, 9.17) is 18.9 Å². The van der Waals surface area contributed by atoms with Crippen LogP contribution in [0, 0.1) is 11.8 Å². The van der Waals surface area contributed by atoms with Gasteiger partial charge in [0.2, 0.25) is 0 Å². The fraction of sp³-hybridized carbons (Fsp3) is 0.350. The van der Waals surface area contributed by atoms with Gasteiger partial charge >= 0.3 is 5.97 Å². The Bertz CT molecular complexity index is 833. The fourth-order valence-electron chi connectivity index (χ4n) is 3.88. The van der Waals surface area contributed by atoms with Crippen LogP contribution in [0.4, 0.5) is 0 Å². The molecule has 0 saturated carbocycles. The lowest BCUT2D eigenvalue weighted by molar-refractivity contribution is -0.148. The number of phenolic OH excluding ortho intramolecular Hbond substituents is 1. The average Bonchev–Trinajstić information content (AvgIpc) is 3.24. The second-order valence-corrected chi connectivity index (χ2v) is 6.47. The first-order chi connectivity index (χ1) is 12.6. The molecule has 2 aliphatic heterocycles. The van der Waals surface area contributed by atoms with Crippen molar-refractivity contribution in [2.24, 2.45) is 11.8 Å². The molecule has 26 heavy (non-hydrogen) atoms. The Kier molecular flexibility index (Phi) is 4.20. The van der Waals surface area contributed by atoms with Crippen LogP contribution < -0.4 is 9.47 Å². The molecule has 0 amide bonds. The number of phenols is 1. The SMILES string of the molecule is COc1cc([C@H]2OC[C@H]3[C@@H]2C(=O)O[C@H]3c2ccccc2OC)ccc1O. The summed E-state index contributed by atoms with van der Waals surface area (Å²) in [4.78, 5) is 12.6. The quantitative estimate of drug-likeness (QED) is 0.849. The summed E-state index contributed by atoms with van der Waals surface area (Å²) in [5, 5.41) is 9.79. The summed E-state index contributed by atoms with van der Waals surface area (Å²) < 4.78 is 22.3. The zero-order valence-corrected chi connectivity index (χ0v) is 14.5. The molecule has 0 radical (unpaired) electrons. The van der Waals surface area contributed by atoms with Gasteiger partial charge < -0.3 is 24.1 Å². The van der Waals surface area contributed by atoms with E-state index in [1.807, 2.05) is 24.3 Å². The van der Waals surface area contributed by atoms with Gasteiger partial charge in [-0.25, -0.2) is 0 Å². The van der Waals surface area contributed by atoms with Crippen molar-refractivity contribution >= 4 is 5.97 Å². The van der Waals surface area contributed by atoms with Crippen LogP contribution in [0.5, 0.6) is 17.2 Å². The molecule has 0 spiro atoms. The Hall–Kier alpha value is -2.73. The van der Waals surface area contributed by atoms with E-state index < -0.39 is 18.1 Å². The van der Waals surface area contributed by atoms with Crippen LogP contribution in [-0.4, -0.2) is 31.9 Å². The van der Waals surface area contributed by atoms with Crippen LogP contribution >= 0.6 is 0 Å². The first kappa shape index (κ1) is 16.7. The Morgan fingerprint density at radius 2 is 1.81 bits per heavy atom. The van der Waals surface area contributed by atoms with Gasteiger partial charge in [0.15, 0.2) is 11.5 Å². The highest BCUT2D eigenvalue weighted by Gasteiger charge is 2.54. The van der Waals surface area contributed by atoms with Crippen molar-refractivity contribution in [1.82, 2.24) is 0 Å². The molecule has 6 heteroatoms. The molecule has 2 aliphatic rings. The van der Waals surface area contributed by atoms with Gasteiger partial charge in [0.1, 0.15) is 11.9 Å². The maximum absolute atomic E-state index is 12.6. The van der Waals surface area contributed by atoms with E-state index in [9.17, 15) is 9.90 Å². The van der Waals surface area contributed by atoms with E-state index >= 15 is 0 Å². The van der Waals surface area contributed by atoms with Gasteiger partial charge in [-0.3, -0.25) is 4.79 Å². The van der Waals surface area contributed by atoms with Gasteiger partial charge in [0.05, 0.1) is 32.8 Å². The van der Waals surface area contributed by atoms with Gasteiger partial charge in [0, 0.05) is 11.5 Å². The molecular formula is C20H20O6. The van der Waals surface area contributed by atoms with Crippen LogP contribution in [-0.2, 0) is 14.3 Å². The van der Waals surface area contributed by atoms with E-state index in [0.29, 0.717) is 18.1 Å². The Labute approximate surface area is 151 Å². The van der Waals surface area contributed by atoms with Crippen molar-refractivity contribution in [3.05, 3.63) is 53.6 Å². The third-order valence-corrected chi connectivity index (χ3v) is 5.14. The molecule has 2 aromatic carbocycles. The van der Waals surface area contributed by atoms with Crippen molar-refractivity contribution in [1.29, 1.82) is 0 Å². The maximum atomic E-state index is 12.6. The van der Waals surface area contributed by atoms with Crippen LogP contribution in [0.15, 0.2) is 42.5 Å². The highest BCUT2D eigenvalue weighted by atomic mass is 16.6. The molecule has 4 atom stereocenters. The maximum Gasteiger partial charge on any atom is 0.313 e. The fourth-order valence-corrected chi connectivity index (χ4v) is 3.88. The Balaban J connectivity index is 1.66. The number of hydrogen-bond acceptors (Lipinski definition) is 6. The third kappa shape index (κ3) is 2.57. The zero-order valence-electron chi connectivity index (χ0n) is 14.5. The van der Waals surface area contributed by atoms with Gasteiger partial charge in [0.25, 0.3) is 0 Å². The summed E-state index contributed by atoms with van der Waals surface area (Å²) in [5.41, 5.74) is 1.63. The summed E-state index contributed by atoms with van der Waals surface area (Å²) in [6, 6.07) is 12.5. The summed E-state index contributed by atoms with van der Waals surface area (Å²) in [6.07, 6.45) is -0.825. The third-order valence-electron chi connectivity index (χ3n) is 5.14. The molecule has 2 saturated heterocycles. The van der Waals surface area contributed by atoms with Crippen molar-refractivity contribution in [2.75, 3.05) is 20.8 Å². The lowest BCUT2D eigenvalue weighted by atomic mass is 9.84. The second kappa shape index (κ2) is 6.53. The molecular weight excluding hydrogens is 336 g/mol. The average molecular weight is 356 g/mol. The molecule has 0 aromatic heterocycles. The van der Waals surface area contributed by atoms with Crippen LogP contribution in [0.1, 0.15) is 23.3 Å². The van der Waals surface area contributed by atoms with E-state index in [1.165, 1.54) is 7.11 Å².